The van der Waals surface area contributed by atoms with Crippen molar-refractivity contribution in [3.05, 3.63) is 59.9 Å². The van der Waals surface area contributed by atoms with Crippen LogP contribution in [0.1, 0.15) is 31.5 Å². The monoisotopic (exact) mass is 546 g/mol. The molecule has 2 rings (SSSR count). The summed E-state index contributed by atoms with van der Waals surface area (Å²) in [6.07, 6.45) is 3.53. The molecular formula is C21H31IN4O3S. The van der Waals surface area contributed by atoms with E-state index in [1.807, 2.05) is 56.3 Å². The van der Waals surface area contributed by atoms with Gasteiger partial charge in [0.25, 0.3) is 0 Å². The number of benzene rings is 1. The highest BCUT2D eigenvalue weighted by atomic mass is 127. The molecule has 0 saturated heterocycles. The molecular weight excluding hydrogens is 515 g/mol. The molecule has 2 N–H and O–H groups in total. The molecule has 2 aromatic rings. The molecule has 1 unspecified atom stereocenters. The van der Waals surface area contributed by atoms with E-state index < -0.39 is 9.84 Å². The van der Waals surface area contributed by atoms with E-state index in [1.54, 1.807) is 6.20 Å². The first kappa shape index (κ1) is 26.2. The highest BCUT2D eigenvalue weighted by molar-refractivity contribution is 14.0. The fourth-order valence-electron chi connectivity index (χ4n) is 2.52. The van der Waals surface area contributed by atoms with E-state index in [2.05, 4.69) is 20.6 Å². The first-order valence-corrected chi connectivity index (χ1v) is 11.8. The van der Waals surface area contributed by atoms with Gasteiger partial charge in [-0.05, 0) is 50.1 Å². The standard InChI is InChI=1S/C21H30N4O3S.HI/c1-4-22-21(25-17(2)12-14-29(3,26)27)24-15-18-8-10-20(11-9-18)28-16-19-7-5-6-13-23-19;/h5-11,13,17H,4,12,14-16H2,1-3H3,(H2,22,24,25);1H. The number of sulfone groups is 1. The molecule has 7 nitrogen and oxygen atoms in total. The second kappa shape index (κ2) is 13.4. The molecule has 1 heterocycles. The molecule has 0 aliphatic carbocycles. The number of halogens is 1. The Hall–Kier alpha value is -1.88. The third kappa shape index (κ3) is 10.8. The Balaban J connectivity index is 0.00000450. The summed E-state index contributed by atoms with van der Waals surface area (Å²) in [7, 11) is -2.97. The van der Waals surface area contributed by atoms with Crippen LogP contribution >= 0.6 is 24.0 Å². The van der Waals surface area contributed by atoms with E-state index >= 15 is 0 Å². The van der Waals surface area contributed by atoms with Crippen molar-refractivity contribution in [2.24, 2.45) is 4.99 Å². The Morgan fingerprint density at radius 1 is 1.20 bits per heavy atom. The van der Waals surface area contributed by atoms with E-state index in [4.69, 9.17) is 4.74 Å². The summed E-state index contributed by atoms with van der Waals surface area (Å²) in [6.45, 7) is 5.61. The lowest BCUT2D eigenvalue weighted by Crippen LogP contribution is -2.42. The lowest BCUT2D eigenvalue weighted by atomic mass is 10.2. The van der Waals surface area contributed by atoms with Crippen LogP contribution in [0, 0.1) is 0 Å². The van der Waals surface area contributed by atoms with Crippen molar-refractivity contribution in [3.8, 4) is 5.75 Å². The van der Waals surface area contributed by atoms with Gasteiger partial charge in [0.15, 0.2) is 5.96 Å². The zero-order valence-electron chi connectivity index (χ0n) is 17.7. The van der Waals surface area contributed by atoms with Crippen molar-refractivity contribution < 1.29 is 13.2 Å². The largest absolute Gasteiger partial charge is 0.487 e. The smallest absolute Gasteiger partial charge is 0.191 e. The van der Waals surface area contributed by atoms with Gasteiger partial charge in [0.2, 0.25) is 0 Å². The van der Waals surface area contributed by atoms with Crippen molar-refractivity contribution in [1.82, 2.24) is 15.6 Å². The summed E-state index contributed by atoms with van der Waals surface area (Å²) < 4.78 is 28.4. The van der Waals surface area contributed by atoms with Gasteiger partial charge in [0, 0.05) is 25.0 Å². The van der Waals surface area contributed by atoms with Crippen LogP contribution in [0.3, 0.4) is 0 Å². The van der Waals surface area contributed by atoms with Crippen LogP contribution in [0.15, 0.2) is 53.7 Å². The molecule has 0 bridgehead atoms. The number of pyridine rings is 1. The van der Waals surface area contributed by atoms with E-state index in [0.717, 1.165) is 23.6 Å². The van der Waals surface area contributed by atoms with Gasteiger partial charge in [-0.1, -0.05) is 18.2 Å². The second-order valence-electron chi connectivity index (χ2n) is 6.91. The number of ether oxygens (including phenoxy) is 1. The summed E-state index contributed by atoms with van der Waals surface area (Å²) in [6, 6.07) is 13.5. The van der Waals surface area contributed by atoms with Crippen LogP contribution in [0.4, 0.5) is 0 Å². The Morgan fingerprint density at radius 2 is 1.93 bits per heavy atom. The Labute approximate surface area is 196 Å². The number of hydrogen-bond acceptors (Lipinski definition) is 5. The van der Waals surface area contributed by atoms with Crippen LogP contribution < -0.4 is 15.4 Å². The molecule has 1 atom stereocenters. The number of nitrogens with one attached hydrogen (secondary N) is 2. The molecule has 1 aromatic heterocycles. The number of aromatic nitrogens is 1. The average Bonchev–Trinajstić information content (AvgIpc) is 2.70. The lowest BCUT2D eigenvalue weighted by molar-refractivity contribution is 0.301. The van der Waals surface area contributed by atoms with Crippen molar-refractivity contribution in [3.63, 3.8) is 0 Å². The van der Waals surface area contributed by atoms with E-state index in [0.29, 0.717) is 25.5 Å². The van der Waals surface area contributed by atoms with Crippen molar-refractivity contribution in [2.45, 2.75) is 39.5 Å². The molecule has 0 fully saturated rings. The minimum absolute atomic E-state index is 0. The first-order chi connectivity index (χ1) is 13.9. The quantitative estimate of drug-likeness (QED) is 0.270. The van der Waals surface area contributed by atoms with Gasteiger partial charge < -0.3 is 15.4 Å². The Morgan fingerprint density at radius 3 is 2.53 bits per heavy atom. The second-order valence-corrected chi connectivity index (χ2v) is 9.17. The van der Waals surface area contributed by atoms with E-state index in [-0.39, 0.29) is 35.8 Å². The fourth-order valence-corrected chi connectivity index (χ4v) is 3.30. The van der Waals surface area contributed by atoms with Crippen molar-refractivity contribution in [1.29, 1.82) is 0 Å². The molecule has 0 radical (unpaired) electrons. The topological polar surface area (TPSA) is 92.7 Å². The summed E-state index contributed by atoms with van der Waals surface area (Å²) in [4.78, 5) is 8.82. The minimum atomic E-state index is -2.97. The van der Waals surface area contributed by atoms with Crippen molar-refractivity contribution >= 4 is 39.8 Å². The molecule has 30 heavy (non-hydrogen) atoms. The maximum Gasteiger partial charge on any atom is 0.191 e. The predicted molar refractivity (Wildman–Crippen MR) is 132 cm³/mol. The molecule has 9 heteroatoms. The number of rotatable bonds is 10. The molecule has 166 valence electrons. The third-order valence-corrected chi connectivity index (χ3v) is 5.08. The van der Waals surface area contributed by atoms with Gasteiger partial charge in [0.1, 0.15) is 22.2 Å². The molecule has 0 spiro atoms. The molecule has 0 aliphatic heterocycles. The first-order valence-electron chi connectivity index (χ1n) is 9.70. The van der Waals surface area contributed by atoms with Crippen LogP contribution in [0.2, 0.25) is 0 Å². The van der Waals surface area contributed by atoms with Crippen LogP contribution in [-0.4, -0.2) is 44.0 Å². The van der Waals surface area contributed by atoms with Crippen molar-refractivity contribution in [2.75, 3.05) is 18.6 Å². The van der Waals surface area contributed by atoms with Crippen LogP contribution in [0.5, 0.6) is 5.75 Å². The normalized spacial score (nSPS) is 12.6. The summed E-state index contributed by atoms with van der Waals surface area (Å²) in [5.74, 6) is 1.60. The summed E-state index contributed by atoms with van der Waals surface area (Å²) in [5.41, 5.74) is 1.93. The van der Waals surface area contributed by atoms with Crippen LogP contribution in [-0.2, 0) is 23.0 Å². The maximum atomic E-state index is 11.3. The number of aliphatic imine (C=N–C) groups is 1. The number of guanidine groups is 1. The zero-order chi connectivity index (χ0) is 21.1. The molecule has 0 aliphatic rings. The van der Waals surface area contributed by atoms with Gasteiger partial charge in [-0.25, -0.2) is 13.4 Å². The highest BCUT2D eigenvalue weighted by Crippen LogP contribution is 2.14. The number of nitrogens with zero attached hydrogens (tertiary/aromatic N) is 2. The van der Waals surface area contributed by atoms with Gasteiger partial charge in [-0.2, -0.15) is 0 Å². The minimum Gasteiger partial charge on any atom is -0.487 e. The lowest BCUT2D eigenvalue weighted by Gasteiger charge is -2.17. The summed E-state index contributed by atoms with van der Waals surface area (Å²) in [5, 5.41) is 6.44. The number of hydrogen-bond donors (Lipinski definition) is 2. The molecule has 0 amide bonds. The average molecular weight is 546 g/mol. The van der Waals surface area contributed by atoms with E-state index in [9.17, 15) is 8.42 Å². The Bertz CT molecular complexity index is 875. The predicted octanol–water partition coefficient (Wildman–Crippen LogP) is 3.16. The van der Waals surface area contributed by atoms with Gasteiger partial charge in [-0.15, -0.1) is 24.0 Å². The third-order valence-electron chi connectivity index (χ3n) is 4.10. The van der Waals surface area contributed by atoms with Gasteiger partial charge in [0.05, 0.1) is 18.0 Å². The van der Waals surface area contributed by atoms with E-state index in [1.165, 1.54) is 6.26 Å². The fraction of sp³-hybridized carbons (Fsp3) is 0.429. The van der Waals surface area contributed by atoms with Gasteiger partial charge in [-0.3, -0.25) is 4.98 Å². The summed E-state index contributed by atoms with van der Waals surface area (Å²) >= 11 is 0. The molecule has 0 saturated carbocycles. The van der Waals surface area contributed by atoms with Crippen LogP contribution in [0.25, 0.3) is 0 Å². The SMILES string of the molecule is CCNC(=NCc1ccc(OCc2ccccn2)cc1)NC(C)CCS(C)(=O)=O.I. The molecule has 1 aromatic carbocycles. The zero-order valence-corrected chi connectivity index (χ0v) is 20.8. The van der Waals surface area contributed by atoms with Gasteiger partial charge >= 0.3 is 0 Å². The Kier molecular flexibility index (Phi) is 11.7. The maximum absolute atomic E-state index is 11.3. The highest BCUT2D eigenvalue weighted by Gasteiger charge is 2.09.